The Bertz CT molecular complexity index is 2220. The second kappa shape index (κ2) is 15.3. The SMILES string of the molecule is N#Cc1ccc(OC2CCC(NC(=O)c3ccc(N4CCC(CN5CC6(CCc7cc8c(cc7O6)C(=O)N(C6CCC(=O)NC6=O)C8=O)C5)CC4)nn3)CC2)cc1Cl. The van der Waals surface area contributed by atoms with Gasteiger partial charge in [-0.1, -0.05) is 11.6 Å². The van der Waals surface area contributed by atoms with E-state index >= 15 is 0 Å². The number of nitrogens with one attached hydrogen (secondary N) is 2. The Labute approximate surface area is 340 Å². The molecule has 1 unspecified atom stereocenters. The van der Waals surface area contributed by atoms with Gasteiger partial charge >= 0.3 is 0 Å². The van der Waals surface area contributed by atoms with Crippen LogP contribution in [0.5, 0.6) is 11.5 Å². The van der Waals surface area contributed by atoms with E-state index in [0.29, 0.717) is 33.7 Å². The molecule has 1 spiro atoms. The molecule has 16 heteroatoms. The van der Waals surface area contributed by atoms with E-state index in [9.17, 15) is 24.0 Å². The first-order valence-corrected chi connectivity index (χ1v) is 20.5. The number of nitriles is 1. The number of carbonyl (C=O) groups is 5. The molecule has 6 heterocycles. The van der Waals surface area contributed by atoms with E-state index in [1.807, 2.05) is 6.07 Å². The van der Waals surface area contributed by atoms with Crippen LogP contribution in [-0.4, -0.2) is 106 Å². The minimum atomic E-state index is -0.998. The number of fused-ring (bicyclic) bond motifs is 2. The number of nitrogens with zero attached hydrogens (tertiary/aromatic N) is 6. The van der Waals surface area contributed by atoms with E-state index in [-0.39, 0.29) is 47.6 Å². The average molecular weight is 807 g/mol. The second-order valence-electron chi connectivity index (χ2n) is 16.4. The Morgan fingerprint density at radius 1 is 0.948 bits per heavy atom. The predicted molar refractivity (Wildman–Crippen MR) is 209 cm³/mol. The smallest absolute Gasteiger partial charge is 0.272 e. The van der Waals surface area contributed by atoms with Crippen molar-refractivity contribution in [1.29, 1.82) is 5.26 Å². The van der Waals surface area contributed by atoms with Crippen molar-refractivity contribution >= 4 is 47.0 Å². The number of amides is 5. The maximum Gasteiger partial charge on any atom is 0.272 e. The fourth-order valence-corrected chi connectivity index (χ4v) is 9.57. The Morgan fingerprint density at radius 2 is 1.71 bits per heavy atom. The van der Waals surface area contributed by atoms with Crippen molar-refractivity contribution in [1.82, 2.24) is 30.6 Å². The molecule has 5 amide bonds. The summed E-state index contributed by atoms with van der Waals surface area (Å²) >= 11 is 6.15. The number of hydrogen-bond donors (Lipinski definition) is 2. The van der Waals surface area contributed by atoms with Gasteiger partial charge in [-0.2, -0.15) is 5.26 Å². The molecule has 1 atom stereocenters. The molecule has 3 saturated heterocycles. The van der Waals surface area contributed by atoms with Crippen molar-refractivity contribution in [3.63, 3.8) is 0 Å². The number of benzene rings is 2. The summed E-state index contributed by atoms with van der Waals surface area (Å²) < 4.78 is 12.6. The van der Waals surface area contributed by atoms with Gasteiger partial charge in [-0.25, -0.2) is 0 Å². The van der Waals surface area contributed by atoms with Gasteiger partial charge in [-0.3, -0.25) is 39.1 Å². The molecule has 2 N–H and O–H groups in total. The van der Waals surface area contributed by atoms with Gasteiger partial charge in [-0.05, 0) is 106 Å². The number of ether oxygens (including phenoxy) is 2. The minimum Gasteiger partial charge on any atom is -0.490 e. The van der Waals surface area contributed by atoms with E-state index < -0.39 is 29.7 Å². The van der Waals surface area contributed by atoms with Crippen molar-refractivity contribution in [2.24, 2.45) is 5.92 Å². The highest BCUT2D eigenvalue weighted by atomic mass is 35.5. The zero-order chi connectivity index (χ0) is 40.1. The molecule has 15 nitrogen and oxygen atoms in total. The summed E-state index contributed by atoms with van der Waals surface area (Å²) in [5.74, 6) is 0.253. The highest BCUT2D eigenvalue weighted by Crippen LogP contribution is 2.42. The molecule has 58 heavy (non-hydrogen) atoms. The van der Waals surface area contributed by atoms with E-state index in [4.69, 9.17) is 26.3 Å². The lowest BCUT2D eigenvalue weighted by Gasteiger charge is -2.53. The summed E-state index contributed by atoms with van der Waals surface area (Å²) in [6.45, 7) is 4.24. The predicted octanol–water partition coefficient (Wildman–Crippen LogP) is 3.82. The zero-order valence-corrected chi connectivity index (χ0v) is 32.6. The molecule has 0 radical (unpaired) electrons. The van der Waals surface area contributed by atoms with Crippen molar-refractivity contribution in [2.45, 2.75) is 88.0 Å². The second-order valence-corrected chi connectivity index (χ2v) is 16.8. The van der Waals surface area contributed by atoms with Gasteiger partial charge in [0.25, 0.3) is 17.7 Å². The van der Waals surface area contributed by atoms with Crippen LogP contribution >= 0.6 is 11.6 Å². The summed E-state index contributed by atoms with van der Waals surface area (Å²) in [6, 6.07) is 13.2. The van der Waals surface area contributed by atoms with E-state index in [1.165, 1.54) is 0 Å². The molecule has 0 bridgehead atoms. The topological polar surface area (TPSA) is 187 Å². The summed E-state index contributed by atoms with van der Waals surface area (Å²) in [5.41, 5.74) is 1.78. The number of imide groups is 2. The van der Waals surface area contributed by atoms with Crippen molar-refractivity contribution < 1.29 is 33.4 Å². The van der Waals surface area contributed by atoms with Gasteiger partial charge in [-0.15, -0.1) is 10.2 Å². The third-order valence-electron chi connectivity index (χ3n) is 12.5. The standard InChI is InChI=1S/C42H43ClN8O7/c43-32-18-29(4-1-26(32)20-44)57-28-5-2-27(3-6-28)45-38(53)33-7-9-36(48-47-33)50-15-12-24(13-16-50)21-49-22-42(23-49)14-11-25-17-30-31(19-35(25)58-42)41(56)51(40(30)55)34-8-10-37(52)46-39(34)54/h1,4,7,9,17-19,24,27-28,34H,2-3,5-6,8,10-16,21-23H2,(H,45,53)(H,46,52,54). The van der Waals surface area contributed by atoms with Crippen molar-refractivity contribution in [2.75, 3.05) is 37.6 Å². The van der Waals surface area contributed by atoms with Crippen LogP contribution in [0.2, 0.25) is 5.02 Å². The third-order valence-corrected chi connectivity index (χ3v) is 12.8. The first kappa shape index (κ1) is 38.0. The number of rotatable bonds is 8. The number of aryl methyl sites for hydroxylation is 1. The number of halogens is 1. The van der Waals surface area contributed by atoms with Crippen LogP contribution in [0.4, 0.5) is 5.82 Å². The lowest BCUT2D eigenvalue weighted by Crippen LogP contribution is -2.66. The molecule has 2 aromatic carbocycles. The first-order valence-electron chi connectivity index (χ1n) is 20.1. The van der Waals surface area contributed by atoms with Gasteiger partial charge in [0.1, 0.15) is 29.2 Å². The number of anilines is 1. The lowest BCUT2D eigenvalue weighted by molar-refractivity contribution is -0.136. The van der Waals surface area contributed by atoms with Crippen LogP contribution < -0.4 is 25.0 Å². The first-order chi connectivity index (χ1) is 28.0. The maximum absolute atomic E-state index is 13.4. The Morgan fingerprint density at radius 3 is 2.40 bits per heavy atom. The molecule has 1 saturated carbocycles. The lowest BCUT2D eigenvalue weighted by atomic mass is 9.82. The molecule has 6 aliphatic rings. The zero-order valence-electron chi connectivity index (χ0n) is 31.9. The maximum atomic E-state index is 13.4. The Balaban J connectivity index is 0.711. The van der Waals surface area contributed by atoms with Gasteiger partial charge in [0.05, 0.1) is 27.8 Å². The number of hydrogen-bond acceptors (Lipinski definition) is 12. The molecular weight excluding hydrogens is 764 g/mol. The highest BCUT2D eigenvalue weighted by molar-refractivity contribution is 6.31. The highest BCUT2D eigenvalue weighted by Gasteiger charge is 2.50. The van der Waals surface area contributed by atoms with Gasteiger partial charge < -0.3 is 19.7 Å². The number of carbonyl (C=O) groups excluding carboxylic acids is 5. The molecule has 5 aliphatic heterocycles. The van der Waals surface area contributed by atoms with Crippen molar-refractivity contribution in [3.8, 4) is 17.6 Å². The molecule has 1 aromatic heterocycles. The van der Waals surface area contributed by atoms with Crippen LogP contribution in [-0.2, 0) is 16.0 Å². The fourth-order valence-electron chi connectivity index (χ4n) is 9.36. The molecule has 3 aromatic rings. The quantitative estimate of drug-likeness (QED) is 0.314. The largest absolute Gasteiger partial charge is 0.490 e. The minimum absolute atomic E-state index is 0.0153. The molecule has 1 aliphatic carbocycles. The van der Waals surface area contributed by atoms with E-state index in [1.54, 1.807) is 36.4 Å². The van der Waals surface area contributed by atoms with Crippen LogP contribution in [0.25, 0.3) is 0 Å². The van der Waals surface area contributed by atoms with Gasteiger partial charge in [0.2, 0.25) is 11.8 Å². The number of likely N-dealkylation sites (tertiary alicyclic amines) is 1. The van der Waals surface area contributed by atoms with Crippen LogP contribution in [0.15, 0.2) is 42.5 Å². The Hall–Kier alpha value is -5.59. The summed E-state index contributed by atoms with van der Waals surface area (Å²) in [5, 5.41) is 23.5. The summed E-state index contributed by atoms with van der Waals surface area (Å²) in [6.07, 6.45) is 6.90. The average Bonchev–Trinajstić information content (AvgIpc) is 3.45. The molecule has 4 fully saturated rings. The van der Waals surface area contributed by atoms with Gasteiger partial charge in [0, 0.05) is 51.3 Å². The molecule has 300 valence electrons. The normalized spacial score (nSPS) is 24.3. The van der Waals surface area contributed by atoms with E-state index in [0.717, 1.165) is 100 Å². The summed E-state index contributed by atoms with van der Waals surface area (Å²) in [4.78, 5) is 69.4. The monoisotopic (exact) mass is 806 g/mol. The molecule has 9 rings (SSSR count). The van der Waals surface area contributed by atoms with Gasteiger partial charge in [0.15, 0.2) is 11.5 Å². The van der Waals surface area contributed by atoms with Crippen molar-refractivity contribution in [3.05, 3.63) is 75.4 Å². The van der Waals surface area contributed by atoms with Crippen LogP contribution in [0.1, 0.15) is 100 Å². The van der Waals surface area contributed by atoms with Crippen LogP contribution in [0, 0.1) is 17.2 Å². The third kappa shape index (κ3) is 7.35. The fraction of sp³-hybridized carbons (Fsp3) is 0.476. The molecular formula is C42H43ClN8O7. The Kier molecular flexibility index (Phi) is 10.0. The number of piperidine rings is 2. The summed E-state index contributed by atoms with van der Waals surface area (Å²) in [7, 11) is 0. The van der Waals surface area contributed by atoms with Crippen LogP contribution in [0.3, 0.4) is 0 Å². The number of aromatic nitrogens is 2. The van der Waals surface area contributed by atoms with E-state index in [2.05, 4.69) is 36.7 Å².